The van der Waals surface area contributed by atoms with Gasteiger partial charge in [0.25, 0.3) is 0 Å². The molecule has 1 heterocycles. The lowest BCUT2D eigenvalue weighted by atomic mass is 10.1. The lowest BCUT2D eigenvalue weighted by Gasteiger charge is -2.22. The van der Waals surface area contributed by atoms with Gasteiger partial charge in [-0.3, -0.25) is 4.99 Å². The number of rotatable bonds is 8. The van der Waals surface area contributed by atoms with E-state index in [9.17, 15) is 21.6 Å². The molecule has 1 saturated heterocycles. The second kappa shape index (κ2) is 11.8. The van der Waals surface area contributed by atoms with Crippen molar-refractivity contribution >= 4 is 45.6 Å². The molecule has 1 aliphatic rings. The number of nitrogens with two attached hydrogens (primary N) is 1. The van der Waals surface area contributed by atoms with Crippen molar-refractivity contribution in [2.45, 2.75) is 31.7 Å². The van der Waals surface area contributed by atoms with Crippen LogP contribution in [-0.4, -0.2) is 52.3 Å². The van der Waals surface area contributed by atoms with Crippen LogP contribution in [-0.2, 0) is 14.8 Å². The molecule has 29 heavy (non-hydrogen) atoms. The number of halogens is 4. The number of benzene rings is 1. The van der Waals surface area contributed by atoms with Gasteiger partial charge in [-0.15, -0.1) is 37.1 Å². The van der Waals surface area contributed by atoms with Crippen LogP contribution < -0.4 is 20.5 Å². The highest BCUT2D eigenvalue weighted by Gasteiger charge is 2.32. The van der Waals surface area contributed by atoms with E-state index in [1.165, 1.54) is 18.2 Å². The van der Waals surface area contributed by atoms with Crippen molar-refractivity contribution in [3.63, 3.8) is 0 Å². The van der Waals surface area contributed by atoms with E-state index in [-0.39, 0.29) is 60.6 Å². The van der Waals surface area contributed by atoms with Gasteiger partial charge in [-0.1, -0.05) is 12.1 Å². The standard InChI is InChI=1S/C16H23F3N4O4S.HI/c17-16(18,19)27-14-7-2-1-6-13(14)23-15(20)21-8-10-28(24,25)22-11-12-5-3-4-9-26-12;/h1-2,6-7,12,22H,3-5,8-11H2,(H3,20,21,23);1H. The van der Waals surface area contributed by atoms with Gasteiger partial charge in [0.1, 0.15) is 0 Å². The molecule has 0 spiro atoms. The third kappa shape index (κ3) is 10.3. The topological polar surface area (TPSA) is 115 Å². The first kappa shape index (κ1) is 25.7. The summed E-state index contributed by atoms with van der Waals surface area (Å²) in [6.07, 6.45) is -2.22. The second-order valence-electron chi connectivity index (χ2n) is 6.09. The van der Waals surface area contributed by atoms with E-state index >= 15 is 0 Å². The largest absolute Gasteiger partial charge is 0.573 e. The van der Waals surface area contributed by atoms with Gasteiger partial charge in [-0.05, 0) is 31.4 Å². The Hall–Kier alpha value is -1.32. The van der Waals surface area contributed by atoms with Crippen LogP contribution in [0.25, 0.3) is 0 Å². The molecular formula is C16H24F3IN4O4S. The molecule has 1 aromatic rings. The molecule has 0 saturated carbocycles. The van der Waals surface area contributed by atoms with E-state index in [1.807, 2.05) is 0 Å². The monoisotopic (exact) mass is 552 g/mol. The van der Waals surface area contributed by atoms with Crippen LogP contribution in [0.4, 0.5) is 18.9 Å². The molecule has 0 radical (unpaired) electrons. The van der Waals surface area contributed by atoms with E-state index in [1.54, 1.807) is 0 Å². The summed E-state index contributed by atoms with van der Waals surface area (Å²) in [5.41, 5.74) is 5.58. The molecule has 1 fully saturated rings. The van der Waals surface area contributed by atoms with E-state index in [4.69, 9.17) is 10.5 Å². The smallest absolute Gasteiger partial charge is 0.404 e. The Labute approximate surface area is 184 Å². The van der Waals surface area contributed by atoms with Gasteiger partial charge >= 0.3 is 6.36 Å². The van der Waals surface area contributed by atoms with Gasteiger partial charge in [0.15, 0.2) is 11.7 Å². The summed E-state index contributed by atoms with van der Waals surface area (Å²) in [5.74, 6) is -1.03. The quantitative estimate of drug-likeness (QED) is 0.259. The highest BCUT2D eigenvalue weighted by atomic mass is 127. The number of sulfonamides is 1. The number of alkyl halides is 3. The van der Waals surface area contributed by atoms with Crippen LogP contribution in [0.15, 0.2) is 29.3 Å². The molecule has 1 aromatic carbocycles. The zero-order chi connectivity index (χ0) is 20.6. The Balaban J connectivity index is 0.00000420. The van der Waals surface area contributed by atoms with Crippen molar-refractivity contribution in [2.24, 2.45) is 10.7 Å². The van der Waals surface area contributed by atoms with Crippen molar-refractivity contribution in [2.75, 3.05) is 30.8 Å². The SMILES string of the molecule is I.NC(=NCCS(=O)(=O)NCC1CCCCO1)Nc1ccccc1OC(F)(F)F. The Bertz CT molecular complexity index is 772. The summed E-state index contributed by atoms with van der Waals surface area (Å²) in [6, 6.07) is 5.30. The number of guanidine groups is 1. The zero-order valence-corrected chi connectivity index (χ0v) is 18.6. The van der Waals surface area contributed by atoms with Crippen molar-refractivity contribution in [3.05, 3.63) is 24.3 Å². The average Bonchev–Trinajstić information content (AvgIpc) is 2.61. The maximum absolute atomic E-state index is 12.4. The summed E-state index contributed by atoms with van der Waals surface area (Å²) >= 11 is 0. The van der Waals surface area contributed by atoms with Crippen LogP contribution >= 0.6 is 24.0 Å². The van der Waals surface area contributed by atoms with Gasteiger partial charge in [-0.2, -0.15) is 0 Å². The zero-order valence-electron chi connectivity index (χ0n) is 15.4. The minimum atomic E-state index is -4.86. The lowest BCUT2D eigenvalue weighted by Crippen LogP contribution is -2.37. The van der Waals surface area contributed by atoms with Crippen molar-refractivity contribution < 1.29 is 31.1 Å². The maximum atomic E-state index is 12.4. The molecule has 2 rings (SSSR count). The third-order valence-electron chi connectivity index (χ3n) is 3.82. The molecule has 8 nitrogen and oxygen atoms in total. The van der Waals surface area contributed by atoms with Gasteiger partial charge in [0.2, 0.25) is 10.0 Å². The molecule has 166 valence electrons. The fraction of sp³-hybridized carbons (Fsp3) is 0.562. The Morgan fingerprint density at radius 3 is 2.69 bits per heavy atom. The van der Waals surface area contributed by atoms with E-state index in [0.29, 0.717) is 6.61 Å². The van der Waals surface area contributed by atoms with Gasteiger partial charge in [-0.25, -0.2) is 13.1 Å². The number of ether oxygens (including phenoxy) is 2. The predicted molar refractivity (Wildman–Crippen MR) is 114 cm³/mol. The summed E-state index contributed by atoms with van der Waals surface area (Å²) in [4.78, 5) is 3.83. The highest BCUT2D eigenvalue weighted by molar-refractivity contribution is 14.0. The first-order valence-electron chi connectivity index (χ1n) is 8.65. The minimum absolute atomic E-state index is 0. The molecule has 1 atom stereocenters. The second-order valence-corrected chi connectivity index (χ2v) is 8.02. The molecule has 1 unspecified atom stereocenters. The van der Waals surface area contributed by atoms with Gasteiger partial charge in [0, 0.05) is 13.2 Å². The fourth-order valence-corrected chi connectivity index (χ4v) is 3.42. The number of nitrogens with one attached hydrogen (secondary N) is 2. The van der Waals surface area contributed by atoms with Crippen LogP contribution in [0.3, 0.4) is 0 Å². The molecule has 13 heteroatoms. The number of hydrogen-bond donors (Lipinski definition) is 3. The Morgan fingerprint density at radius 1 is 1.31 bits per heavy atom. The molecule has 0 aliphatic carbocycles. The summed E-state index contributed by atoms with van der Waals surface area (Å²) < 4.78 is 73.0. The third-order valence-corrected chi connectivity index (χ3v) is 5.15. The van der Waals surface area contributed by atoms with Crippen molar-refractivity contribution in [3.8, 4) is 5.75 Å². The molecule has 0 bridgehead atoms. The molecule has 1 aliphatic heterocycles. The number of para-hydroxylation sites is 2. The van der Waals surface area contributed by atoms with Crippen LogP contribution in [0.2, 0.25) is 0 Å². The summed E-state index contributed by atoms with van der Waals surface area (Å²) in [7, 11) is -3.58. The average molecular weight is 552 g/mol. The van der Waals surface area contributed by atoms with Crippen LogP contribution in [0, 0.1) is 0 Å². The number of aliphatic imine (C=N–C) groups is 1. The van der Waals surface area contributed by atoms with Gasteiger partial charge < -0.3 is 20.5 Å². The molecular weight excluding hydrogens is 528 g/mol. The van der Waals surface area contributed by atoms with Crippen LogP contribution in [0.5, 0.6) is 5.75 Å². The highest BCUT2D eigenvalue weighted by Crippen LogP contribution is 2.29. The maximum Gasteiger partial charge on any atom is 0.573 e. The van der Waals surface area contributed by atoms with Crippen LogP contribution in [0.1, 0.15) is 19.3 Å². The Kier molecular flexibility index (Phi) is 10.4. The normalized spacial score (nSPS) is 18.0. The number of anilines is 1. The van der Waals surface area contributed by atoms with E-state index < -0.39 is 22.1 Å². The van der Waals surface area contributed by atoms with E-state index in [2.05, 4.69) is 19.8 Å². The molecule has 4 N–H and O–H groups in total. The lowest BCUT2D eigenvalue weighted by molar-refractivity contribution is -0.274. The molecule has 0 amide bonds. The number of nitrogens with zero attached hydrogens (tertiary/aromatic N) is 1. The van der Waals surface area contributed by atoms with Gasteiger partial charge in [0.05, 0.1) is 24.1 Å². The predicted octanol–water partition coefficient (Wildman–Crippen LogP) is 2.42. The minimum Gasteiger partial charge on any atom is -0.404 e. The number of hydrogen-bond acceptors (Lipinski definition) is 5. The van der Waals surface area contributed by atoms with E-state index in [0.717, 1.165) is 25.3 Å². The fourth-order valence-electron chi connectivity index (χ4n) is 2.51. The Morgan fingerprint density at radius 2 is 2.03 bits per heavy atom. The summed E-state index contributed by atoms with van der Waals surface area (Å²) in [5, 5.41) is 2.47. The first-order valence-corrected chi connectivity index (χ1v) is 10.3. The van der Waals surface area contributed by atoms with Crippen molar-refractivity contribution in [1.29, 1.82) is 0 Å². The summed E-state index contributed by atoms with van der Waals surface area (Å²) in [6.45, 7) is 0.655. The molecule has 0 aromatic heterocycles. The first-order chi connectivity index (χ1) is 13.1. The van der Waals surface area contributed by atoms with Crippen molar-refractivity contribution in [1.82, 2.24) is 4.72 Å².